The number of nitrogens with zero attached hydrogens (tertiary/aromatic N) is 2. The van der Waals surface area contributed by atoms with Crippen molar-refractivity contribution in [3.63, 3.8) is 0 Å². The van der Waals surface area contributed by atoms with Gasteiger partial charge in [0.1, 0.15) is 5.82 Å². The van der Waals surface area contributed by atoms with E-state index < -0.39 is 0 Å². The molecule has 0 amide bonds. The van der Waals surface area contributed by atoms with Crippen LogP contribution in [-0.2, 0) is 0 Å². The van der Waals surface area contributed by atoms with Gasteiger partial charge in [-0.25, -0.2) is 9.07 Å². The van der Waals surface area contributed by atoms with Crippen LogP contribution in [0.4, 0.5) is 4.39 Å². The van der Waals surface area contributed by atoms with Crippen molar-refractivity contribution in [1.29, 1.82) is 0 Å². The van der Waals surface area contributed by atoms with Gasteiger partial charge in [-0.2, -0.15) is 16.9 Å². The van der Waals surface area contributed by atoms with Gasteiger partial charge >= 0.3 is 0 Å². The van der Waals surface area contributed by atoms with Crippen molar-refractivity contribution in [2.75, 3.05) is 12.9 Å². The maximum Gasteiger partial charge on any atom is 0.123 e. The number of hydrogen-bond donors (Lipinski definition) is 2. The molecule has 1 aromatic carbocycles. The van der Waals surface area contributed by atoms with E-state index in [-0.39, 0.29) is 29.8 Å². The van der Waals surface area contributed by atoms with E-state index in [1.54, 1.807) is 23.9 Å². The number of benzene rings is 1. The second kappa shape index (κ2) is 7.95. The molecule has 2 rings (SSSR count). The second-order valence-electron chi connectivity index (χ2n) is 5.71. The number of nitrogens with one attached hydrogen (secondary N) is 1. The minimum Gasteiger partial charge on any atom is -0.395 e. The molecule has 3 unspecified atom stereocenters. The minimum absolute atomic E-state index is 0.111. The van der Waals surface area contributed by atoms with Crippen LogP contribution in [0, 0.1) is 12.7 Å². The third kappa shape index (κ3) is 4.13. The molecule has 0 spiro atoms. The number of thioether (sulfide) groups is 1. The molecule has 1 heterocycles. The van der Waals surface area contributed by atoms with Crippen molar-refractivity contribution >= 4 is 11.8 Å². The third-order valence-electron chi connectivity index (χ3n) is 4.14. The fourth-order valence-electron chi connectivity index (χ4n) is 2.72. The number of hydrogen-bond acceptors (Lipinski definition) is 4. The average molecular weight is 337 g/mol. The summed E-state index contributed by atoms with van der Waals surface area (Å²) >= 11 is 1.65. The standard InChI is InChI=1S/C17H24FN3OS/c1-11(20-12(2)17(10-22)23-4)16-9-19-21(13(16)3)15-7-5-14(18)6-8-15/h5-9,11-12,17,20,22H,10H2,1-4H3. The maximum absolute atomic E-state index is 13.1. The molecule has 0 saturated carbocycles. The Morgan fingerprint density at radius 2 is 1.96 bits per heavy atom. The number of halogens is 1. The van der Waals surface area contributed by atoms with Crippen LogP contribution in [0.2, 0.25) is 0 Å². The molecule has 0 fully saturated rings. The summed E-state index contributed by atoms with van der Waals surface area (Å²) in [6.45, 7) is 6.32. The predicted molar refractivity (Wildman–Crippen MR) is 93.7 cm³/mol. The lowest BCUT2D eigenvalue weighted by atomic mass is 10.1. The summed E-state index contributed by atoms with van der Waals surface area (Å²) in [6.07, 6.45) is 3.84. The SMILES string of the molecule is CSC(CO)C(C)NC(C)c1cnn(-c2ccc(F)cc2)c1C. The lowest BCUT2D eigenvalue weighted by molar-refractivity contribution is 0.271. The monoisotopic (exact) mass is 337 g/mol. The van der Waals surface area contributed by atoms with E-state index in [2.05, 4.69) is 24.3 Å². The highest BCUT2D eigenvalue weighted by Crippen LogP contribution is 2.22. The van der Waals surface area contributed by atoms with Crippen LogP contribution >= 0.6 is 11.8 Å². The highest BCUT2D eigenvalue weighted by atomic mass is 32.2. The Labute approximate surface area is 141 Å². The Morgan fingerprint density at radius 3 is 2.52 bits per heavy atom. The van der Waals surface area contributed by atoms with Crippen molar-refractivity contribution in [1.82, 2.24) is 15.1 Å². The Kier molecular flexibility index (Phi) is 6.21. The number of rotatable bonds is 7. The highest BCUT2D eigenvalue weighted by Gasteiger charge is 2.20. The summed E-state index contributed by atoms with van der Waals surface area (Å²) in [5, 5.41) is 17.5. The molecule has 0 saturated heterocycles. The second-order valence-corrected chi connectivity index (χ2v) is 6.78. The molecule has 0 bridgehead atoms. The summed E-state index contributed by atoms with van der Waals surface area (Å²) < 4.78 is 14.9. The van der Waals surface area contributed by atoms with Gasteiger partial charge in [-0.3, -0.25) is 0 Å². The van der Waals surface area contributed by atoms with Crippen LogP contribution in [0.15, 0.2) is 30.5 Å². The molecule has 1 aromatic heterocycles. The summed E-state index contributed by atoms with van der Waals surface area (Å²) in [6, 6.07) is 6.60. The first kappa shape index (κ1) is 18.0. The molecular formula is C17H24FN3OS. The number of aliphatic hydroxyl groups is 1. The maximum atomic E-state index is 13.1. The average Bonchev–Trinajstić information content (AvgIpc) is 2.91. The first-order valence-corrected chi connectivity index (χ1v) is 8.96. The molecule has 3 atom stereocenters. The van der Waals surface area contributed by atoms with Gasteiger partial charge in [0.2, 0.25) is 0 Å². The zero-order valence-electron chi connectivity index (χ0n) is 14.0. The van der Waals surface area contributed by atoms with Gasteiger partial charge in [-0.05, 0) is 51.3 Å². The van der Waals surface area contributed by atoms with Crippen molar-refractivity contribution in [3.05, 3.63) is 47.5 Å². The van der Waals surface area contributed by atoms with E-state index in [4.69, 9.17) is 0 Å². The van der Waals surface area contributed by atoms with Crippen LogP contribution in [-0.4, -0.2) is 39.0 Å². The normalized spacial score (nSPS) is 15.4. The van der Waals surface area contributed by atoms with Gasteiger partial charge in [0.05, 0.1) is 18.5 Å². The molecule has 23 heavy (non-hydrogen) atoms. The fraction of sp³-hybridized carbons (Fsp3) is 0.471. The third-order valence-corrected chi connectivity index (χ3v) is 5.30. The fourth-order valence-corrected chi connectivity index (χ4v) is 3.35. The summed E-state index contributed by atoms with van der Waals surface area (Å²) in [5.41, 5.74) is 2.96. The van der Waals surface area contributed by atoms with Crippen molar-refractivity contribution in [2.24, 2.45) is 0 Å². The lowest BCUT2D eigenvalue weighted by Gasteiger charge is -2.25. The molecule has 126 valence electrons. The zero-order chi connectivity index (χ0) is 17.0. The van der Waals surface area contributed by atoms with Crippen molar-refractivity contribution in [2.45, 2.75) is 38.1 Å². The van der Waals surface area contributed by atoms with Gasteiger partial charge in [0, 0.05) is 28.6 Å². The van der Waals surface area contributed by atoms with Crippen LogP contribution in [0.5, 0.6) is 0 Å². The number of aliphatic hydroxyl groups excluding tert-OH is 1. The molecule has 0 aliphatic carbocycles. The van der Waals surface area contributed by atoms with Crippen LogP contribution in [0.1, 0.15) is 31.1 Å². The Balaban J connectivity index is 2.16. The van der Waals surface area contributed by atoms with E-state index in [0.717, 1.165) is 16.9 Å². The van der Waals surface area contributed by atoms with E-state index in [1.807, 2.05) is 24.1 Å². The highest BCUT2D eigenvalue weighted by molar-refractivity contribution is 7.99. The molecule has 2 aromatic rings. The predicted octanol–water partition coefficient (Wildman–Crippen LogP) is 3.08. The van der Waals surface area contributed by atoms with Gasteiger partial charge in [0.25, 0.3) is 0 Å². The molecule has 0 aliphatic heterocycles. The van der Waals surface area contributed by atoms with Gasteiger partial charge < -0.3 is 10.4 Å². The molecular weight excluding hydrogens is 313 g/mol. The molecule has 2 N–H and O–H groups in total. The van der Waals surface area contributed by atoms with E-state index in [1.165, 1.54) is 12.1 Å². The first-order valence-electron chi connectivity index (χ1n) is 7.68. The van der Waals surface area contributed by atoms with Crippen molar-refractivity contribution < 1.29 is 9.50 Å². The summed E-state index contributed by atoms with van der Waals surface area (Å²) in [7, 11) is 0. The topological polar surface area (TPSA) is 50.1 Å². The van der Waals surface area contributed by atoms with E-state index >= 15 is 0 Å². The molecule has 4 nitrogen and oxygen atoms in total. The van der Waals surface area contributed by atoms with Crippen LogP contribution in [0.25, 0.3) is 5.69 Å². The van der Waals surface area contributed by atoms with Gasteiger partial charge in [-0.1, -0.05) is 0 Å². The largest absolute Gasteiger partial charge is 0.395 e. The quantitative estimate of drug-likeness (QED) is 0.815. The Morgan fingerprint density at radius 1 is 1.30 bits per heavy atom. The number of aromatic nitrogens is 2. The smallest absolute Gasteiger partial charge is 0.123 e. The minimum atomic E-state index is -0.255. The Hall–Kier alpha value is -1.37. The Bertz CT molecular complexity index is 625. The lowest BCUT2D eigenvalue weighted by Crippen LogP contribution is -2.39. The first-order chi connectivity index (χ1) is 11.0. The van der Waals surface area contributed by atoms with Gasteiger partial charge in [-0.15, -0.1) is 0 Å². The summed E-state index contributed by atoms with van der Waals surface area (Å²) in [4.78, 5) is 0. The van der Waals surface area contributed by atoms with E-state index in [0.29, 0.717) is 0 Å². The molecule has 0 aliphatic rings. The van der Waals surface area contributed by atoms with Crippen LogP contribution < -0.4 is 5.32 Å². The molecule has 6 heteroatoms. The van der Waals surface area contributed by atoms with Gasteiger partial charge in [0.15, 0.2) is 0 Å². The van der Waals surface area contributed by atoms with Crippen LogP contribution in [0.3, 0.4) is 0 Å². The summed E-state index contributed by atoms with van der Waals surface area (Å²) in [5.74, 6) is -0.255. The van der Waals surface area contributed by atoms with Crippen molar-refractivity contribution in [3.8, 4) is 5.69 Å². The van der Waals surface area contributed by atoms with E-state index in [9.17, 15) is 9.50 Å². The zero-order valence-corrected chi connectivity index (χ0v) is 14.8. The molecule has 0 radical (unpaired) electrons.